The number of carbonyl (C=O) groups excluding carboxylic acids is 3. The SMILES string of the molecule is NC(Cc1ccc(O)cc1)C(=O)NC(Cc1ccccc1)C(=O)NCC(=O)NC(Cc1ccccc1)C(=O)O. The summed E-state index contributed by atoms with van der Waals surface area (Å²) in [5.74, 6) is -2.96. The molecular weight excluding hydrogens is 500 g/mol. The van der Waals surface area contributed by atoms with Gasteiger partial charge in [0.25, 0.3) is 0 Å². The minimum atomic E-state index is -1.20. The van der Waals surface area contributed by atoms with Crippen molar-refractivity contribution in [2.24, 2.45) is 5.73 Å². The predicted octanol–water partition coefficient (Wildman–Crippen LogP) is 0.918. The number of benzene rings is 3. The van der Waals surface area contributed by atoms with Gasteiger partial charge in [0.2, 0.25) is 17.7 Å². The lowest BCUT2D eigenvalue weighted by molar-refractivity contribution is -0.141. The highest BCUT2D eigenvalue weighted by Gasteiger charge is 2.26. The molecule has 0 heterocycles. The largest absolute Gasteiger partial charge is 0.508 e. The molecule has 0 spiro atoms. The first kappa shape index (κ1) is 28.9. The molecule has 3 aromatic carbocycles. The number of nitrogens with two attached hydrogens (primary N) is 1. The van der Waals surface area contributed by atoms with Gasteiger partial charge in [0, 0.05) is 12.8 Å². The molecule has 3 amide bonds. The number of phenols is 1. The fraction of sp³-hybridized carbons (Fsp3) is 0.241. The van der Waals surface area contributed by atoms with Crippen LogP contribution in [0.2, 0.25) is 0 Å². The average molecular weight is 533 g/mol. The molecule has 3 atom stereocenters. The van der Waals surface area contributed by atoms with E-state index >= 15 is 0 Å². The normalized spacial score (nSPS) is 12.9. The molecule has 0 saturated heterocycles. The molecule has 0 aliphatic carbocycles. The number of hydrogen-bond donors (Lipinski definition) is 6. The van der Waals surface area contributed by atoms with Crippen molar-refractivity contribution in [2.75, 3.05) is 6.54 Å². The average Bonchev–Trinajstić information content (AvgIpc) is 2.93. The van der Waals surface area contributed by atoms with Gasteiger partial charge in [-0.3, -0.25) is 14.4 Å². The number of rotatable bonds is 13. The summed E-state index contributed by atoms with van der Waals surface area (Å²) < 4.78 is 0. The molecule has 10 heteroatoms. The van der Waals surface area contributed by atoms with Crippen molar-refractivity contribution in [3.63, 3.8) is 0 Å². The van der Waals surface area contributed by atoms with Crippen LogP contribution in [0.25, 0.3) is 0 Å². The number of nitrogens with one attached hydrogen (secondary N) is 3. The van der Waals surface area contributed by atoms with Gasteiger partial charge in [0.15, 0.2) is 0 Å². The van der Waals surface area contributed by atoms with E-state index in [9.17, 15) is 29.4 Å². The maximum Gasteiger partial charge on any atom is 0.326 e. The van der Waals surface area contributed by atoms with Gasteiger partial charge in [-0.05, 0) is 35.2 Å². The van der Waals surface area contributed by atoms with Crippen LogP contribution >= 0.6 is 0 Å². The summed E-state index contributed by atoms with van der Waals surface area (Å²) >= 11 is 0. The summed E-state index contributed by atoms with van der Waals surface area (Å²) in [5, 5.41) is 26.5. The Hall–Kier alpha value is -4.70. The highest BCUT2D eigenvalue weighted by molar-refractivity contribution is 5.92. The van der Waals surface area contributed by atoms with E-state index in [0.717, 1.165) is 16.7 Å². The number of amides is 3. The van der Waals surface area contributed by atoms with Crippen molar-refractivity contribution < 1.29 is 29.4 Å². The lowest BCUT2D eigenvalue weighted by atomic mass is 10.0. The van der Waals surface area contributed by atoms with Gasteiger partial charge in [-0.2, -0.15) is 0 Å². The zero-order valence-electron chi connectivity index (χ0n) is 21.2. The van der Waals surface area contributed by atoms with Gasteiger partial charge in [-0.25, -0.2) is 4.79 Å². The van der Waals surface area contributed by atoms with Gasteiger partial charge in [-0.1, -0.05) is 72.8 Å². The zero-order chi connectivity index (χ0) is 28.2. The van der Waals surface area contributed by atoms with Gasteiger partial charge >= 0.3 is 5.97 Å². The van der Waals surface area contributed by atoms with Crippen LogP contribution in [0.1, 0.15) is 16.7 Å². The summed E-state index contributed by atoms with van der Waals surface area (Å²) in [6.45, 7) is -0.474. The van der Waals surface area contributed by atoms with Crippen LogP contribution in [-0.2, 0) is 38.4 Å². The van der Waals surface area contributed by atoms with E-state index in [1.807, 2.05) is 6.07 Å². The molecule has 0 radical (unpaired) electrons. The number of aromatic hydroxyl groups is 1. The minimum Gasteiger partial charge on any atom is -0.508 e. The van der Waals surface area contributed by atoms with Crippen LogP contribution in [0.3, 0.4) is 0 Å². The molecule has 0 saturated carbocycles. The van der Waals surface area contributed by atoms with Crippen molar-refractivity contribution >= 4 is 23.7 Å². The van der Waals surface area contributed by atoms with Gasteiger partial charge < -0.3 is 31.9 Å². The Morgan fingerprint density at radius 1 is 0.667 bits per heavy atom. The highest BCUT2D eigenvalue weighted by Crippen LogP contribution is 2.11. The number of carboxylic acid groups (broad SMARTS) is 1. The number of phenolic OH excluding ortho intramolecular Hbond substituents is 1. The smallest absolute Gasteiger partial charge is 0.326 e. The molecule has 3 aromatic rings. The van der Waals surface area contributed by atoms with Crippen LogP contribution in [0.5, 0.6) is 5.75 Å². The second kappa shape index (κ2) is 14.3. The summed E-state index contributed by atoms with van der Waals surface area (Å²) in [5.41, 5.74) is 8.33. The number of hydrogen-bond acceptors (Lipinski definition) is 6. The summed E-state index contributed by atoms with van der Waals surface area (Å²) in [7, 11) is 0. The fourth-order valence-corrected chi connectivity index (χ4v) is 3.90. The Labute approximate surface area is 226 Å². The quantitative estimate of drug-likeness (QED) is 0.190. The molecule has 0 aliphatic heterocycles. The van der Waals surface area contributed by atoms with E-state index < -0.39 is 48.4 Å². The van der Waals surface area contributed by atoms with Crippen molar-refractivity contribution in [3.05, 3.63) is 102 Å². The van der Waals surface area contributed by atoms with Crippen LogP contribution in [-0.4, -0.2) is 58.6 Å². The van der Waals surface area contributed by atoms with Crippen LogP contribution in [0.15, 0.2) is 84.9 Å². The maximum absolute atomic E-state index is 13.0. The molecule has 7 N–H and O–H groups in total. The Balaban J connectivity index is 1.60. The number of carboxylic acids is 1. The third-order valence-electron chi connectivity index (χ3n) is 5.98. The minimum absolute atomic E-state index is 0.0848. The number of carbonyl (C=O) groups is 4. The first-order chi connectivity index (χ1) is 18.7. The van der Waals surface area contributed by atoms with Crippen LogP contribution < -0.4 is 21.7 Å². The topological polar surface area (TPSA) is 171 Å². The van der Waals surface area contributed by atoms with Crippen LogP contribution in [0.4, 0.5) is 0 Å². The molecule has 39 heavy (non-hydrogen) atoms. The van der Waals surface area contributed by atoms with E-state index in [1.54, 1.807) is 66.7 Å². The predicted molar refractivity (Wildman–Crippen MR) is 145 cm³/mol. The molecule has 0 bridgehead atoms. The summed E-state index contributed by atoms with van der Waals surface area (Å²) in [4.78, 5) is 50.0. The third-order valence-corrected chi connectivity index (χ3v) is 5.98. The standard InChI is InChI=1S/C29H32N4O6/c30-23(15-21-11-13-22(34)14-12-21)27(36)33-24(16-19-7-3-1-4-8-19)28(37)31-18-26(35)32-25(29(38)39)17-20-9-5-2-6-10-20/h1-14,23-25,34H,15-18,30H2,(H,31,37)(H,32,35)(H,33,36)(H,38,39). The molecular formula is C29H32N4O6. The zero-order valence-corrected chi connectivity index (χ0v) is 21.2. The van der Waals surface area contributed by atoms with Crippen molar-refractivity contribution in [1.29, 1.82) is 0 Å². The lowest BCUT2D eigenvalue weighted by Crippen LogP contribution is -2.54. The van der Waals surface area contributed by atoms with E-state index in [0.29, 0.717) is 0 Å². The molecule has 3 unspecified atom stereocenters. The molecule has 3 rings (SSSR count). The summed E-state index contributed by atoms with van der Waals surface area (Å²) in [6, 6.07) is 21.0. The molecule has 10 nitrogen and oxygen atoms in total. The fourth-order valence-electron chi connectivity index (χ4n) is 3.90. The second-order valence-corrected chi connectivity index (χ2v) is 9.09. The van der Waals surface area contributed by atoms with Gasteiger partial charge in [0.05, 0.1) is 12.6 Å². The Bertz CT molecular complexity index is 1250. The van der Waals surface area contributed by atoms with E-state index in [4.69, 9.17) is 5.73 Å². The van der Waals surface area contributed by atoms with E-state index in [2.05, 4.69) is 16.0 Å². The van der Waals surface area contributed by atoms with Crippen molar-refractivity contribution in [3.8, 4) is 5.75 Å². The van der Waals surface area contributed by atoms with E-state index in [1.165, 1.54) is 12.1 Å². The molecule has 0 fully saturated rings. The Morgan fingerprint density at radius 3 is 1.72 bits per heavy atom. The Morgan fingerprint density at radius 2 is 1.18 bits per heavy atom. The first-order valence-corrected chi connectivity index (χ1v) is 12.4. The molecule has 0 aliphatic rings. The third kappa shape index (κ3) is 9.60. The molecule has 204 valence electrons. The maximum atomic E-state index is 13.0. The summed E-state index contributed by atoms with van der Waals surface area (Å²) in [6.07, 6.45) is 0.422. The lowest BCUT2D eigenvalue weighted by Gasteiger charge is -2.21. The second-order valence-electron chi connectivity index (χ2n) is 9.09. The monoisotopic (exact) mass is 532 g/mol. The van der Waals surface area contributed by atoms with Crippen LogP contribution in [0, 0.1) is 0 Å². The number of aliphatic carboxylic acids is 1. The molecule has 0 aromatic heterocycles. The highest BCUT2D eigenvalue weighted by atomic mass is 16.4. The Kier molecular flexibility index (Phi) is 10.6. The van der Waals surface area contributed by atoms with Crippen molar-refractivity contribution in [1.82, 2.24) is 16.0 Å². The van der Waals surface area contributed by atoms with Crippen molar-refractivity contribution in [2.45, 2.75) is 37.4 Å². The first-order valence-electron chi connectivity index (χ1n) is 12.4. The van der Waals surface area contributed by atoms with Gasteiger partial charge in [-0.15, -0.1) is 0 Å². The van der Waals surface area contributed by atoms with Gasteiger partial charge in [0.1, 0.15) is 17.8 Å². The van der Waals surface area contributed by atoms with E-state index in [-0.39, 0.29) is 25.0 Å².